The van der Waals surface area contributed by atoms with Crippen LogP contribution in [0.25, 0.3) is 11.1 Å². The largest absolute Gasteiger partial charge is 0.433 e. The molecular weight excluding hydrogens is 469 g/mol. The van der Waals surface area contributed by atoms with Gasteiger partial charge < -0.3 is 15.0 Å². The fourth-order valence-corrected chi connectivity index (χ4v) is 4.49. The number of halogens is 3. The normalized spacial score (nSPS) is 14.9. The molecule has 0 radical (unpaired) electrons. The van der Waals surface area contributed by atoms with Crippen LogP contribution in [0.1, 0.15) is 41.2 Å². The van der Waals surface area contributed by atoms with Gasteiger partial charge in [0.1, 0.15) is 5.69 Å². The number of aromatic nitrogens is 2. The molecule has 6 nitrogen and oxygen atoms in total. The van der Waals surface area contributed by atoms with Gasteiger partial charge in [-0.15, -0.1) is 0 Å². The molecule has 1 aromatic carbocycles. The lowest BCUT2D eigenvalue weighted by Gasteiger charge is -2.40. The highest BCUT2D eigenvalue weighted by Crippen LogP contribution is 2.38. The van der Waals surface area contributed by atoms with Crippen LogP contribution in [0, 0.1) is 12.3 Å². The Bertz CT molecular complexity index is 1270. The summed E-state index contributed by atoms with van der Waals surface area (Å²) in [5.74, 6) is -0.644. The summed E-state index contributed by atoms with van der Waals surface area (Å²) in [7, 11) is 1.68. The molecule has 36 heavy (non-hydrogen) atoms. The Morgan fingerprint density at radius 2 is 1.94 bits per heavy atom. The molecule has 2 aromatic heterocycles. The maximum absolute atomic E-state index is 13.0. The SMILES string of the molecule is COCCN1CC(C)(C)Cc2ncc(-c3cc(NC(=O)c4ccnc(C(F)(F)F)c4)ccc3C)cc21. The molecule has 0 fully saturated rings. The fraction of sp³-hybridized carbons (Fsp3) is 0.370. The maximum atomic E-state index is 13.0. The second-order valence-corrected chi connectivity index (χ2v) is 9.86. The van der Waals surface area contributed by atoms with Crippen molar-refractivity contribution in [1.29, 1.82) is 0 Å². The van der Waals surface area contributed by atoms with E-state index in [0.717, 1.165) is 59.8 Å². The van der Waals surface area contributed by atoms with Crippen molar-refractivity contribution in [2.24, 2.45) is 5.41 Å². The van der Waals surface area contributed by atoms with E-state index < -0.39 is 17.8 Å². The summed E-state index contributed by atoms with van der Waals surface area (Å²) >= 11 is 0. The lowest BCUT2D eigenvalue weighted by molar-refractivity contribution is -0.141. The molecule has 0 aliphatic carbocycles. The van der Waals surface area contributed by atoms with Crippen molar-refractivity contribution in [1.82, 2.24) is 9.97 Å². The number of pyridine rings is 2. The number of hydrogen-bond donors (Lipinski definition) is 1. The Labute approximate surface area is 208 Å². The van der Waals surface area contributed by atoms with E-state index in [4.69, 9.17) is 9.72 Å². The van der Waals surface area contributed by atoms with Crippen molar-refractivity contribution >= 4 is 17.3 Å². The third-order valence-corrected chi connectivity index (χ3v) is 6.24. The maximum Gasteiger partial charge on any atom is 0.433 e. The van der Waals surface area contributed by atoms with Crippen LogP contribution in [0.15, 0.2) is 48.8 Å². The molecule has 1 amide bonds. The van der Waals surface area contributed by atoms with Gasteiger partial charge in [0.25, 0.3) is 5.91 Å². The Morgan fingerprint density at radius 3 is 2.67 bits per heavy atom. The van der Waals surface area contributed by atoms with Crippen LogP contribution >= 0.6 is 0 Å². The molecule has 9 heteroatoms. The van der Waals surface area contributed by atoms with Crippen molar-refractivity contribution < 1.29 is 22.7 Å². The van der Waals surface area contributed by atoms with E-state index in [0.29, 0.717) is 12.3 Å². The average Bonchev–Trinajstić information content (AvgIpc) is 2.82. The lowest BCUT2D eigenvalue weighted by atomic mass is 9.83. The number of amides is 1. The molecule has 0 saturated heterocycles. The number of nitrogens with zero attached hydrogens (tertiary/aromatic N) is 3. The number of fused-ring (bicyclic) bond motifs is 1. The Morgan fingerprint density at radius 1 is 1.17 bits per heavy atom. The molecule has 3 heterocycles. The second kappa shape index (κ2) is 9.89. The van der Waals surface area contributed by atoms with Crippen LogP contribution in [0.5, 0.6) is 0 Å². The van der Waals surface area contributed by atoms with E-state index in [-0.39, 0.29) is 11.0 Å². The van der Waals surface area contributed by atoms with Crippen molar-refractivity contribution in [3.63, 3.8) is 0 Å². The first-order valence-corrected chi connectivity index (χ1v) is 11.7. The minimum atomic E-state index is -4.63. The number of carbonyl (C=O) groups excluding carboxylic acids is 1. The third-order valence-electron chi connectivity index (χ3n) is 6.24. The van der Waals surface area contributed by atoms with Crippen LogP contribution in [0.3, 0.4) is 0 Å². The van der Waals surface area contributed by atoms with Crippen LogP contribution in [-0.4, -0.2) is 42.7 Å². The smallest absolute Gasteiger partial charge is 0.383 e. The lowest BCUT2D eigenvalue weighted by Crippen LogP contribution is -2.42. The molecule has 1 aliphatic heterocycles. The quantitative estimate of drug-likeness (QED) is 0.468. The monoisotopic (exact) mass is 498 g/mol. The van der Waals surface area contributed by atoms with Crippen LogP contribution in [0.2, 0.25) is 0 Å². The van der Waals surface area contributed by atoms with Gasteiger partial charge in [-0.25, -0.2) is 0 Å². The zero-order valence-electron chi connectivity index (χ0n) is 20.7. The number of nitrogens with one attached hydrogen (secondary N) is 1. The standard InChI is InChI=1S/C27H29F3N4O2/c1-17-5-6-20(33-25(35)18-7-8-31-24(12-18)27(28,29)30)13-21(17)19-11-23-22(32-15-19)14-26(2,3)16-34(23)9-10-36-4/h5-8,11-13,15H,9-10,14,16H2,1-4H3,(H,33,35). The number of alkyl halides is 3. The van der Waals surface area contributed by atoms with Crippen molar-refractivity contribution in [2.75, 3.05) is 37.0 Å². The van der Waals surface area contributed by atoms with Gasteiger partial charge in [-0.2, -0.15) is 13.2 Å². The van der Waals surface area contributed by atoms with Gasteiger partial charge >= 0.3 is 6.18 Å². The molecule has 0 spiro atoms. The summed E-state index contributed by atoms with van der Waals surface area (Å²) in [6.45, 7) is 8.65. The van der Waals surface area contributed by atoms with E-state index in [9.17, 15) is 18.0 Å². The third kappa shape index (κ3) is 5.67. The van der Waals surface area contributed by atoms with Crippen LogP contribution < -0.4 is 10.2 Å². The van der Waals surface area contributed by atoms with Gasteiger partial charge in [-0.1, -0.05) is 19.9 Å². The van der Waals surface area contributed by atoms with E-state index >= 15 is 0 Å². The molecule has 0 atom stereocenters. The van der Waals surface area contributed by atoms with Gasteiger partial charge in [0.05, 0.1) is 18.0 Å². The molecule has 1 aliphatic rings. The number of benzene rings is 1. The summed E-state index contributed by atoms with van der Waals surface area (Å²) in [6, 6.07) is 9.51. The predicted octanol–water partition coefficient (Wildman–Crippen LogP) is 5.76. The molecular formula is C27H29F3N4O2. The topological polar surface area (TPSA) is 67.3 Å². The van der Waals surface area contributed by atoms with Gasteiger partial charge in [-0.05, 0) is 60.2 Å². The Hall–Kier alpha value is -3.46. The number of rotatable bonds is 6. The highest BCUT2D eigenvalue weighted by Gasteiger charge is 2.33. The summed E-state index contributed by atoms with van der Waals surface area (Å²) in [5.41, 5.74) is 4.19. The molecule has 0 unspecified atom stereocenters. The number of hydrogen-bond acceptors (Lipinski definition) is 5. The number of methoxy groups -OCH3 is 1. The van der Waals surface area contributed by atoms with E-state index in [1.807, 2.05) is 25.3 Å². The van der Waals surface area contributed by atoms with Crippen molar-refractivity contribution in [3.05, 3.63) is 71.3 Å². The first-order chi connectivity index (χ1) is 17.0. The first kappa shape index (κ1) is 25.6. The van der Waals surface area contributed by atoms with Crippen molar-refractivity contribution in [3.8, 4) is 11.1 Å². The molecule has 3 aromatic rings. The zero-order chi connectivity index (χ0) is 26.1. The van der Waals surface area contributed by atoms with Gasteiger partial charge in [-0.3, -0.25) is 14.8 Å². The summed E-state index contributed by atoms with van der Waals surface area (Å²) in [4.78, 5) is 23.1. The molecule has 190 valence electrons. The Kier molecular flexibility index (Phi) is 7.04. The summed E-state index contributed by atoms with van der Waals surface area (Å²) in [5, 5.41) is 2.70. The van der Waals surface area contributed by atoms with E-state index in [1.54, 1.807) is 13.2 Å². The number of aryl methyl sites for hydroxylation is 1. The minimum absolute atomic E-state index is 0.0916. The van der Waals surface area contributed by atoms with Gasteiger partial charge in [0.15, 0.2) is 0 Å². The van der Waals surface area contributed by atoms with Gasteiger partial charge in [0.2, 0.25) is 0 Å². The molecule has 0 bridgehead atoms. The predicted molar refractivity (Wildman–Crippen MR) is 133 cm³/mol. The Balaban J connectivity index is 1.63. The molecule has 0 saturated carbocycles. The van der Waals surface area contributed by atoms with Gasteiger partial charge in [0, 0.05) is 49.4 Å². The number of carbonyl (C=O) groups is 1. The summed E-state index contributed by atoms with van der Waals surface area (Å²) < 4.78 is 44.3. The highest BCUT2D eigenvalue weighted by molar-refractivity contribution is 6.04. The zero-order valence-corrected chi connectivity index (χ0v) is 20.7. The number of anilines is 2. The highest BCUT2D eigenvalue weighted by atomic mass is 19.4. The molecule has 1 N–H and O–H groups in total. The first-order valence-electron chi connectivity index (χ1n) is 11.7. The average molecular weight is 499 g/mol. The van der Waals surface area contributed by atoms with Crippen LogP contribution in [0.4, 0.5) is 24.5 Å². The summed E-state index contributed by atoms with van der Waals surface area (Å²) in [6.07, 6.45) is -0.943. The number of ether oxygens (including phenoxy) is 1. The minimum Gasteiger partial charge on any atom is -0.383 e. The van der Waals surface area contributed by atoms with E-state index in [2.05, 4.69) is 35.1 Å². The molecule has 4 rings (SSSR count). The second-order valence-electron chi connectivity index (χ2n) is 9.86. The van der Waals surface area contributed by atoms with Crippen LogP contribution in [-0.2, 0) is 17.3 Å². The fourth-order valence-electron chi connectivity index (χ4n) is 4.49. The van der Waals surface area contributed by atoms with E-state index in [1.165, 1.54) is 6.07 Å². The van der Waals surface area contributed by atoms with Crippen molar-refractivity contribution in [2.45, 2.75) is 33.4 Å².